The van der Waals surface area contributed by atoms with Crippen LogP contribution in [-0.4, -0.2) is 15.5 Å². The Morgan fingerprint density at radius 3 is 2.36 bits per heavy atom. The summed E-state index contributed by atoms with van der Waals surface area (Å²) in [5.41, 5.74) is 8.15. The SMILES string of the molecule is N/C(Cl)=C\N(N)c1ccc(Cl)cc1-c1cc(=O)n(C(Cc2ccccc2)C(=O)NCc2ccc(Cl)cc2)cn1. The van der Waals surface area contributed by atoms with Gasteiger partial charge in [-0.3, -0.25) is 19.2 Å². The average Bonchev–Trinajstić information content (AvgIpc) is 2.91. The summed E-state index contributed by atoms with van der Waals surface area (Å²) in [5, 5.41) is 5.12. The maximum atomic E-state index is 13.4. The molecule has 0 aliphatic rings. The fourth-order valence-corrected chi connectivity index (χ4v) is 4.40. The van der Waals surface area contributed by atoms with Gasteiger partial charge in [0.25, 0.3) is 5.56 Å². The summed E-state index contributed by atoms with van der Waals surface area (Å²) in [6.45, 7) is 0.275. The predicted octanol–water partition coefficient (Wildman–Crippen LogP) is 4.99. The molecule has 1 aromatic heterocycles. The molecule has 4 rings (SSSR count). The van der Waals surface area contributed by atoms with Crippen molar-refractivity contribution < 1.29 is 4.79 Å². The van der Waals surface area contributed by atoms with Crippen LogP contribution in [0.1, 0.15) is 17.2 Å². The number of carbonyl (C=O) groups excluding carboxylic acids is 1. The molecule has 39 heavy (non-hydrogen) atoms. The van der Waals surface area contributed by atoms with Crippen LogP contribution < -0.4 is 27.5 Å². The van der Waals surface area contributed by atoms with Crippen LogP contribution >= 0.6 is 34.8 Å². The zero-order valence-corrected chi connectivity index (χ0v) is 22.9. The topological polar surface area (TPSA) is 119 Å². The number of hydrogen-bond donors (Lipinski definition) is 3. The van der Waals surface area contributed by atoms with Gasteiger partial charge in [0.1, 0.15) is 11.2 Å². The molecule has 200 valence electrons. The van der Waals surface area contributed by atoms with Gasteiger partial charge < -0.3 is 11.1 Å². The smallest absolute Gasteiger partial charge is 0.254 e. The second-order valence-corrected chi connectivity index (χ2v) is 9.96. The Morgan fingerprint density at radius 2 is 1.69 bits per heavy atom. The Kier molecular flexibility index (Phi) is 9.27. The summed E-state index contributed by atoms with van der Waals surface area (Å²) in [4.78, 5) is 31.3. The van der Waals surface area contributed by atoms with Crippen LogP contribution in [0.15, 0.2) is 101 Å². The number of anilines is 1. The van der Waals surface area contributed by atoms with Crippen LogP contribution in [0.4, 0.5) is 5.69 Å². The van der Waals surface area contributed by atoms with Crippen molar-refractivity contribution >= 4 is 46.4 Å². The Hall–Kier alpha value is -3.82. The molecule has 5 N–H and O–H groups in total. The molecule has 1 atom stereocenters. The Bertz CT molecular complexity index is 1540. The number of rotatable bonds is 9. The first-order valence-electron chi connectivity index (χ1n) is 11.8. The molecule has 0 aliphatic carbocycles. The molecule has 4 aromatic rings. The van der Waals surface area contributed by atoms with Crippen LogP contribution in [-0.2, 0) is 17.8 Å². The molecule has 11 heteroatoms. The Morgan fingerprint density at radius 1 is 1.00 bits per heavy atom. The molecule has 0 saturated carbocycles. The van der Waals surface area contributed by atoms with Crippen LogP contribution in [0, 0.1) is 0 Å². The number of carbonyl (C=O) groups is 1. The number of halogens is 3. The van der Waals surface area contributed by atoms with E-state index in [2.05, 4.69) is 10.3 Å². The zero-order chi connectivity index (χ0) is 27.9. The van der Waals surface area contributed by atoms with E-state index in [4.69, 9.17) is 46.4 Å². The number of hydrazine groups is 1. The molecule has 0 aliphatic heterocycles. The van der Waals surface area contributed by atoms with Crippen LogP contribution in [0.25, 0.3) is 11.3 Å². The number of nitrogens with two attached hydrogens (primary N) is 2. The molecule has 8 nitrogen and oxygen atoms in total. The lowest BCUT2D eigenvalue weighted by Crippen LogP contribution is -2.38. The Balaban J connectivity index is 1.68. The second-order valence-electron chi connectivity index (χ2n) is 8.65. The minimum Gasteiger partial charge on any atom is -0.388 e. The van der Waals surface area contributed by atoms with E-state index in [0.29, 0.717) is 27.0 Å². The lowest BCUT2D eigenvalue weighted by atomic mass is 10.0. The standard InChI is InChI=1S/C28H25Cl3N6O2/c29-20-8-6-19(7-9-20)15-34-28(39)25(12-18-4-2-1-3-5-18)36-17-35-23(14-27(36)38)22-13-21(30)10-11-24(22)37(33)16-26(31)32/h1-11,13-14,16-17,25H,12,15,32-33H2,(H,34,39)/b26-16-. The van der Waals surface area contributed by atoms with E-state index < -0.39 is 11.6 Å². The lowest BCUT2D eigenvalue weighted by molar-refractivity contribution is -0.124. The Labute approximate surface area is 240 Å². The molecule has 1 heterocycles. The van der Waals surface area contributed by atoms with E-state index in [1.165, 1.54) is 28.2 Å². The third kappa shape index (κ3) is 7.40. The van der Waals surface area contributed by atoms with Gasteiger partial charge in [0, 0.05) is 34.6 Å². The maximum absolute atomic E-state index is 13.4. The number of nitrogens with one attached hydrogen (secondary N) is 1. The summed E-state index contributed by atoms with van der Waals surface area (Å²) in [7, 11) is 0. The summed E-state index contributed by atoms with van der Waals surface area (Å²) < 4.78 is 1.31. The van der Waals surface area contributed by atoms with Gasteiger partial charge in [-0.05, 0) is 41.5 Å². The fourth-order valence-electron chi connectivity index (χ4n) is 4.00. The highest BCUT2D eigenvalue weighted by Crippen LogP contribution is 2.31. The number of nitrogens with zero attached hydrogens (tertiary/aromatic N) is 3. The molecular weight excluding hydrogens is 559 g/mol. The van der Waals surface area contributed by atoms with E-state index in [1.54, 1.807) is 30.3 Å². The quantitative estimate of drug-likeness (QED) is 0.145. The highest BCUT2D eigenvalue weighted by molar-refractivity contribution is 6.31. The fraction of sp³-hybridized carbons (Fsp3) is 0.107. The number of amides is 1. The maximum Gasteiger partial charge on any atom is 0.254 e. The number of benzene rings is 3. The predicted molar refractivity (Wildman–Crippen MR) is 156 cm³/mol. The van der Waals surface area contributed by atoms with E-state index in [0.717, 1.165) is 11.1 Å². The monoisotopic (exact) mass is 582 g/mol. The largest absolute Gasteiger partial charge is 0.388 e. The lowest BCUT2D eigenvalue weighted by Gasteiger charge is -2.21. The normalized spacial score (nSPS) is 12.2. The van der Waals surface area contributed by atoms with E-state index in [1.807, 2.05) is 42.5 Å². The van der Waals surface area contributed by atoms with Gasteiger partial charge in [-0.15, -0.1) is 0 Å². The molecule has 0 saturated heterocycles. The number of aromatic nitrogens is 2. The van der Waals surface area contributed by atoms with Crippen LogP contribution in [0.5, 0.6) is 0 Å². The highest BCUT2D eigenvalue weighted by atomic mass is 35.5. The molecule has 0 radical (unpaired) electrons. The van der Waals surface area contributed by atoms with Crippen LogP contribution in [0.3, 0.4) is 0 Å². The molecule has 0 bridgehead atoms. The van der Waals surface area contributed by atoms with E-state index in [-0.39, 0.29) is 24.0 Å². The van der Waals surface area contributed by atoms with Gasteiger partial charge in [0.2, 0.25) is 5.91 Å². The summed E-state index contributed by atoms with van der Waals surface area (Å²) >= 11 is 18.0. The van der Waals surface area contributed by atoms with Crippen molar-refractivity contribution in [2.75, 3.05) is 5.01 Å². The second kappa shape index (κ2) is 12.8. The van der Waals surface area contributed by atoms with E-state index in [9.17, 15) is 9.59 Å². The van der Waals surface area contributed by atoms with Crippen molar-refractivity contribution in [3.8, 4) is 11.3 Å². The van der Waals surface area contributed by atoms with Gasteiger partial charge in [-0.1, -0.05) is 77.3 Å². The van der Waals surface area contributed by atoms with Gasteiger partial charge in [-0.25, -0.2) is 10.8 Å². The third-order valence-corrected chi connectivity index (χ3v) is 6.49. The number of hydrogen-bond acceptors (Lipinski definition) is 6. The van der Waals surface area contributed by atoms with Crippen molar-refractivity contribution in [3.63, 3.8) is 0 Å². The average molecular weight is 584 g/mol. The first-order chi connectivity index (χ1) is 18.7. The molecule has 3 aromatic carbocycles. The summed E-state index contributed by atoms with van der Waals surface area (Å²) in [5.74, 6) is 5.76. The van der Waals surface area contributed by atoms with Crippen molar-refractivity contribution in [1.29, 1.82) is 0 Å². The summed E-state index contributed by atoms with van der Waals surface area (Å²) in [6.07, 6.45) is 2.95. The minimum absolute atomic E-state index is 0.0323. The third-order valence-electron chi connectivity index (χ3n) is 5.90. The first kappa shape index (κ1) is 28.2. The van der Waals surface area contributed by atoms with Crippen LogP contribution in [0.2, 0.25) is 10.0 Å². The van der Waals surface area contributed by atoms with Gasteiger partial charge in [0.15, 0.2) is 0 Å². The van der Waals surface area contributed by atoms with Crippen molar-refractivity contribution in [2.45, 2.75) is 19.0 Å². The van der Waals surface area contributed by atoms with Gasteiger partial charge in [0.05, 0.1) is 23.9 Å². The van der Waals surface area contributed by atoms with Crippen molar-refractivity contribution in [1.82, 2.24) is 14.9 Å². The van der Waals surface area contributed by atoms with E-state index >= 15 is 0 Å². The van der Waals surface area contributed by atoms with Gasteiger partial charge >= 0.3 is 0 Å². The minimum atomic E-state index is -0.849. The molecular formula is C28H25Cl3N6O2. The molecule has 0 spiro atoms. The molecule has 1 unspecified atom stereocenters. The molecule has 0 fully saturated rings. The highest BCUT2D eigenvalue weighted by Gasteiger charge is 2.23. The molecule has 1 amide bonds. The first-order valence-corrected chi connectivity index (χ1v) is 13.0. The van der Waals surface area contributed by atoms with Crippen molar-refractivity contribution in [2.24, 2.45) is 11.6 Å². The zero-order valence-electron chi connectivity index (χ0n) is 20.6. The van der Waals surface area contributed by atoms with Crippen molar-refractivity contribution in [3.05, 3.63) is 128 Å². The summed E-state index contributed by atoms with van der Waals surface area (Å²) in [6, 6.07) is 22.0. The van der Waals surface area contributed by atoms with Gasteiger partial charge in [-0.2, -0.15) is 0 Å².